The van der Waals surface area contributed by atoms with Crippen molar-refractivity contribution < 1.29 is 4.42 Å². The van der Waals surface area contributed by atoms with Gasteiger partial charge in [0.25, 0.3) is 0 Å². The Morgan fingerprint density at radius 2 is 1.40 bits per heavy atom. The highest BCUT2D eigenvalue weighted by Crippen LogP contribution is 2.65. The maximum absolute atomic E-state index is 6.05. The van der Waals surface area contributed by atoms with Crippen LogP contribution in [0.1, 0.15) is 25.6 Å². The molecule has 2 aromatic heterocycles. The molecule has 0 unspecified atom stereocenters. The molecule has 0 spiro atoms. The summed E-state index contributed by atoms with van der Waals surface area (Å²) in [7, 11) is -1.42. The van der Waals surface area contributed by atoms with Crippen LogP contribution in [-0.4, -0.2) is 16.2 Å². The van der Waals surface area contributed by atoms with Crippen LogP contribution in [0.5, 0.6) is 0 Å². The highest BCUT2D eigenvalue weighted by atomic mass is 32.3. The van der Waals surface area contributed by atoms with Gasteiger partial charge >= 0.3 is 0 Å². The first kappa shape index (κ1) is 18.9. The van der Waals surface area contributed by atoms with Gasteiger partial charge in [-0.05, 0) is 63.4 Å². The van der Waals surface area contributed by atoms with Gasteiger partial charge < -0.3 is 4.42 Å². The fraction of sp³-hybridized carbons (Fsp3) is 0.154. The molecule has 30 heavy (non-hydrogen) atoms. The van der Waals surface area contributed by atoms with E-state index in [9.17, 15) is 0 Å². The number of aromatic nitrogens is 2. The number of rotatable bonds is 4. The standard InChI is InChI=1S/C26H24N2OS/c1-18(2)26-27-17-24-25(28-26)22-16-21(14-15-23(22)29-24)30(3,19-10-6-4-7-11-19)20-12-8-5-9-13-20/h4-18H,1-3H3. The van der Waals surface area contributed by atoms with Gasteiger partial charge in [0.2, 0.25) is 0 Å². The molecule has 0 fully saturated rings. The number of benzene rings is 3. The van der Waals surface area contributed by atoms with Crippen molar-refractivity contribution in [3.05, 3.63) is 90.9 Å². The Kier molecular flexibility index (Phi) is 4.59. The molecule has 0 radical (unpaired) electrons. The number of furan rings is 1. The van der Waals surface area contributed by atoms with Gasteiger partial charge in [0.05, 0.1) is 6.20 Å². The molecule has 0 amide bonds. The summed E-state index contributed by atoms with van der Waals surface area (Å²) in [4.78, 5) is 13.3. The summed E-state index contributed by atoms with van der Waals surface area (Å²) in [5, 5.41) is 1.05. The van der Waals surface area contributed by atoms with Crippen molar-refractivity contribution in [1.29, 1.82) is 0 Å². The summed E-state index contributed by atoms with van der Waals surface area (Å²) in [5.41, 5.74) is 2.49. The van der Waals surface area contributed by atoms with Gasteiger partial charge in [-0.25, -0.2) is 9.97 Å². The van der Waals surface area contributed by atoms with Gasteiger partial charge in [0, 0.05) is 11.3 Å². The molecular weight excluding hydrogens is 388 g/mol. The van der Waals surface area contributed by atoms with E-state index in [1.54, 1.807) is 6.20 Å². The summed E-state index contributed by atoms with van der Waals surface area (Å²) in [6, 6.07) is 28.1. The molecule has 0 aliphatic heterocycles. The molecule has 3 aromatic carbocycles. The van der Waals surface area contributed by atoms with Gasteiger partial charge in [0.1, 0.15) is 16.9 Å². The number of hydrogen-bond donors (Lipinski definition) is 0. The Hall–Kier alpha value is -3.11. The Morgan fingerprint density at radius 1 is 0.767 bits per heavy atom. The third-order valence-electron chi connectivity index (χ3n) is 5.62. The molecule has 150 valence electrons. The average molecular weight is 413 g/mol. The van der Waals surface area contributed by atoms with Gasteiger partial charge in [-0.2, -0.15) is 10.0 Å². The topological polar surface area (TPSA) is 38.9 Å². The zero-order valence-corrected chi connectivity index (χ0v) is 18.2. The lowest BCUT2D eigenvalue weighted by molar-refractivity contribution is 0.662. The Morgan fingerprint density at radius 3 is 2.00 bits per heavy atom. The van der Waals surface area contributed by atoms with Crippen molar-refractivity contribution in [3.63, 3.8) is 0 Å². The summed E-state index contributed by atoms with van der Waals surface area (Å²) < 4.78 is 6.05. The van der Waals surface area contributed by atoms with Crippen LogP contribution in [0, 0.1) is 0 Å². The molecule has 0 aliphatic carbocycles. The largest absolute Gasteiger partial charge is 0.453 e. The summed E-state index contributed by atoms with van der Waals surface area (Å²) in [6.07, 6.45) is 4.17. The maximum Gasteiger partial charge on any atom is 0.172 e. The SMILES string of the molecule is CC(C)c1ncc2oc3ccc(S(C)(c4ccccc4)c4ccccc4)cc3c2n1. The monoisotopic (exact) mass is 412 g/mol. The smallest absolute Gasteiger partial charge is 0.172 e. The van der Waals surface area contributed by atoms with Crippen molar-refractivity contribution in [2.24, 2.45) is 0 Å². The van der Waals surface area contributed by atoms with Crippen LogP contribution in [0.25, 0.3) is 22.1 Å². The van der Waals surface area contributed by atoms with E-state index < -0.39 is 10.0 Å². The van der Waals surface area contributed by atoms with Crippen LogP contribution in [0.2, 0.25) is 0 Å². The van der Waals surface area contributed by atoms with Crippen molar-refractivity contribution in [1.82, 2.24) is 9.97 Å². The van der Waals surface area contributed by atoms with E-state index >= 15 is 0 Å². The fourth-order valence-electron chi connectivity index (χ4n) is 3.88. The van der Waals surface area contributed by atoms with E-state index in [4.69, 9.17) is 9.40 Å². The van der Waals surface area contributed by atoms with Crippen molar-refractivity contribution in [2.45, 2.75) is 34.5 Å². The molecule has 2 heterocycles. The number of fused-ring (bicyclic) bond motifs is 3. The van der Waals surface area contributed by atoms with Crippen LogP contribution in [-0.2, 0) is 0 Å². The van der Waals surface area contributed by atoms with E-state index in [0.717, 1.165) is 27.9 Å². The summed E-state index contributed by atoms with van der Waals surface area (Å²) in [6.45, 7) is 4.22. The fourth-order valence-corrected chi connectivity index (χ4v) is 6.79. The lowest BCUT2D eigenvalue weighted by atomic mass is 10.2. The van der Waals surface area contributed by atoms with Crippen LogP contribution < -0.4 is 0 Å². The van der Waals surface area contributed by atoms with E-state index in [1.807, 2.05) is 0 Å². The average Bonchev–Trinajstić information content (AvgIpc) is 3.17. The predicted molar refractivity (Wildman–Crippen MR) is 125 cm³/mol. The van der Waals surface area contributed by atoms with Gasteiger partial charge in [-0.1, -0.05) is 50.2 Å². The molecule has 0 atom stereocenters. The lowest BCUT2D eigenvalue weighted by Crippen LogP contribution is -2.01. The molecule has 5 rings (SSSR count). The molecule has 0 bridgehead atoms. The molecule has 0 saturated carbocycles. The summed E-state index contributed by atoms with van der Waals surface area (Å²) >= 11 is 0. The van der Waals surface area contributed by atoms with Crippen molar-refractivity contribution in [2.75, 3.05) is 6.26 Å². The van der Waals surface area contributed by atoms with Crippen molar-refractivity contribution >= 4 is 32.1 Å². The van der Waals surface area contributed by atoms with Crippen LogP contribution in [0.15, 0.2) is 104 Å². The van der Waals surface area contributed by atoms with E-state index in [0.29, 0.717) is 0 Å². The Labute approximate surface area is 178 Å². The lowest BCUT2D eigenvalue weighted by Gasteiger charge is -2.37. The number of nitrogens with zero attached hydrogens (tertiary/aromatic N) is 2. The molecule has 3 nitrogen and oxygen atoms in total. The Bertz CT molecular complexity index is 1290. The van der Waals surface area contributed by atoms with Gasteiger partial charge in [0.15, 0.2) is 5.58 Å². The third kappa shape index (κ3) is 2.99. The third-order valence-corrected chi connectivity index (χ3v) is 9.24. The maximum atomic E-state index is 6.05. The van der Waals surface area contributed by atoms with Gasteiger partial charge in [-0.15, -0.1) is 0 Å². The number of hydrogen-bond acceptors (Lipinski definition) is 3. The molecule has 4 heteroatoms. The van der Waals surface area contributed by atoms with Gasteiger partial charge in [-0.3, -0.25) is 0 Å². The summed E-state index contributed by atoms with van der Waals surface area (Å²) in [5.74, 6) is 1.11. The molecule has 0 aliphatic rings. The molecule has 0 N–H and O–H groups in total. The minimum absolute atomic E-state index is 0.270. The zero-order chi connectivity index (χ0) is 20.7. The molecular formula is C26H24N2OS. The van der Waals surface area contributed by atoms with Crippen LogP contribution in [0.4, 0.5) is 0 Å². The molecule has 0 saturated heterocycles. The van der Waals surface area contributed by atoms with Crippen molar-refractivity contribution in [3.8, 4) is 0 Å². The normalized spacial score (nSPS) is 12.7. The minimum Gasteiger partial charge on any atom is -0.453 e. The quantitative estimate of drug-likeness (QED) is 0.308. The highest BCUT2D eigenvalue weighted by Gasteiger charge is 2.26. The first-order valence-corrected chi connectivity index (χ1v) is 12.2. The van der Waals surface area contributed by atoms with E-state index in [2.05, 4.69) is 104 Å². The van der Waals surface area contributed by atoms with Crippen LogP contribution in [0.3, 0.4) is 0 Å². The first-order chi connectivity index (χ1) is 14.6. The minimum atomic E-state index is -1.42. The highest BCUT2D eigenvalue weighted by molar-refractivity contribution is 8.33. The molecule has 5 aromatic rings. The first-order valence-electron chi connectivity index (χ1n) is 10.1. The zero-order valence-electron chi connectivity index (χ0n) is 17.4. The second-order valence-corrected chi connectivity index (χ2v) is 11.2. The predicted octanol–water partition coefficient (Wildman–Crippen LogP) is 7.41. The van der Waals surface area contributed by atoms with E-state index in [-0.39, 0.29) is 5.92 Å². The van der Waals surface area contributed by atoms with Crippen LogP contribution >= 0.6 is 10.0 Å². The Balaban J connectivity index is 1.78. The second kappa shape index (κ2) is 7.29. The van der Waals surface area contributed by atoms with E-state index in [1.165, 1.54) is 14.7 Å². The second-order valence-electron chi connectivity index (χ2n) is 7.90.